The van der Waals surface area contributed by atoms with E-state index in [1.165, 1.54) is 0 Å². The molecular formula is C18H23N3O3. The van der Waals surface area contributed by atoms with E-state index >= 15 is 0 Å². The number of nitrogens with one attached hydrogen (secondary N) is 2. The molecule has 0 spiro atoms. The van der Waals surface area contributed by atoms with Crippen LogP contribution in [0.4, 0.5) is 0 Å². The van der Waals surface area contributed by atoms with E-state index in [-0.39, 0.29) is 24.0 Å². The number of ether oxygens (including phenoxy) is 2. The number of hydrogen-bond acceptors (Lipinski definition) is 4. The number of aromatic nitrogens is 2. The van der Waals surface area contributed by atoms with Crippen molar-refractivity contribution in [1.29, 1.82) is 0 Å². The van der Waals surface area contributed by atoms with Crippen molar-refractivity contribution in [2.75, 3.05) is 20.3 Å². The largest absolute Gasteiger partial charge is 0.384 e. The number of benzene rings is 1. The molecule has 4 unspecified atom stereocenters. The van der Waals surface area contributed by atoms with Crippen molar-refractivity contribution in [2.24, 2.45) is 11.8 Å². The van der Waals surface area contributed by atoms with E-state index in [0.29, 0.717) is 18.9 Å². The minimum Gasteiger partial charge on any atom is -0.384 e. The van der Waals surface area contributed by atoms with Gasteiger partial charge in [0, 0.05) is 31.6 Å². The van der Waals surface area contributed by atoms with E-state index in [0.717, 1.165) is 35.4 Å². The lowest BCUT2D eigenvalue weighted by atomic mass is 9.67. The van der Waals surface area contributed by atoms with Crippen LogP contribution in [0.3, 0.4) is 0 Å². The second-order valence-corrected chi connectivity index (χ2v) is 6.85. The molecule has 6 nitrogen and oxygen atoms in total. The first-order valence-electron chi connectivity index (χ1n) is 8.51. The van der Waals surface area contributed by atoms with Crippen molar-refractivity contribution in [3.63, 3.8) is 0 Å². The molecule has 2 aromatic rings. The Morgan fingerprint density at radius 1 is 1.50 bits per heavy atom. The third-order valence-corrected chi connectivity index (χ3v) is 5.24. The van der Waals surface area contributed by atoms with Gasteiger partial charge in [-0.15, -0.1) is 0 Å². The number of rotatable bonds is 5. The normalized spacial score (nSPS) is 28.6. The molecule has 24 heavy (non-hydrogen) atoms. The maximum atomic E-state index is 12.5. The molecule has 1 saturated heterocycles. The zero-order valence-electron chi connectivity index (χ0n) is 14.0. The Kier molecular flexibility index (Phi) is 4.02. The number of nitrogens with zero attached hydrogens (tertiary/aromatic N) is 1. The van der Waals surface area contributed by atoms with Gasteiger partial charge in [0.25, 0.3) is 0 Å². The third kappa shape index (κ3) is 2.70. The Labute approximate surface area is 140 Å². The van der Waals surface area contributed by atoms with Gasteiger partial charge in [0.1, 0.15) is 5.82 Å². The van der Waals surface area contributed by atoms with Gasteiger partial charge < -0.3 is 19.8 Å². The van der Waals surface area contributed by atoms with Crippen LogP contribution >= 0.6 is 0 Å². The number of aromatic amines is 1. The molecule has 0 radical (unpaired) electrons. The highest BCUT2D eigenvalue weighted by Crippen LogP contribution is 2.43. The highest BCUT2D eigenvalue weighted by atomic mass is 16.5. The summed E-state index contributed by atoms with van der Waals surface area (Å²) >= 11 is 0. The summed E-state index contributed by atoms with van der Waals surface area (Å²) < 4.78 is 11.0. The van der Waals surface area contributed by atoms with Crippen LogP contribution in [-0.2, 0) is 20.7 Å². The molecule has 6 heteroatoms. The number of imidazole rings is 1. The topological polar surface area (TPSA) is 76.2 Å². The van der Waals surface area contributed by atoms with Gasteiger partial charge in [0.15, 0.2) is 0 Å². The number of carbonyl (C=O) groups is 1. The van der Waals surface area contributed by atoms with Crippen LogP contribution in [0.25, 0.3) is 11.0 Å². The number of carbonyl (C=O) groups excluding carboxylic acids is 1. The van der Waals surface area contributed by atoms with Crippen LogP contribution in [-0.4, -0.2) is 48.3 Å². The summed E-state index contributed by atoms with van der Waals surface area (Å²) in [5.74, 6) is 1.65. The fourth-order valence-corrected chi connectivity index (χ4v) is 4.15. The van der Waals surface area contributed by atoms with Gasteiger partial charge in [-0.2, -0.15) is 0 Å². The molecule has 2 aliphatic rings. The molecule has 2 N–H and O–H groups in total. The van der Waals surface area contributed by atoms with Gasteiger partial charge in [-0.3, -0.25) is 4.79 Å². The van der Waals surface area contributed by atoms with Crippen LogP contribution < -0.4 is 5.32 Å². The van der Waals surface area contributed by atoms with Crippen LogP contribution in [0.5, 0.6) is 0 Å². The van der Waals surface area contributed by atoms with Gasteiger partial charge in [0.05, 0.1) is 30.2 Å². The standard InChI is InChI=1S/C18H23N3O3/c1-10-19-14-4-3-11(7-15(14)20-10)8-16(22)21-17-12-5-6-24-18(12)13(17)9-23-2/h3-4,7,12-13,17-18H,5-6,8-9H2,1-2H3,(H,19,20)(H,21,22). The molecule has 2 heterocycles. The van der Waals surface area contributed by atoms with Crippen LogP contribution in [0.1, 0.15) is 17.8 Å². The SMILES string of the molecule is COCC1C(NC(=O)Cc2ccc3nc(C)[nH]c3c2)C2CCOC21. The van der Waals surface area contributed by atoms with Gasteiger partial charge in [-0.1, -0.05) is 6.07 Å². The number of amides is 1. The minimum absolute atomic E-state index is 0.0574. The Morgan fingerprint density at radius 3 is 3.21 bits per heavy atom. The average Bonchev–Trinajstić information content (AvgIpc) is 3.13. The summed E-state index contributed by atoms with van der Waals surface area (Å²) in [5, 5.41) is 3.20. The number of hydrogen-bond donors (Lipinski definition) is 2. The number of H-pyrrole nitrogens is 1. The summed E-state index contributed by atoms with van der Waals surface area (Å²) in [6, 6.07) is 6.10. The molecule has 1 aromatic carbocycles. The summed E-state index contributed by atoms with van der Waals surface area (Å²) in [6.45, 7) is 3.35. The van der Waals surface area contributed by atoms with Gasteiger partial charge in [-0.05, 0) is 31.0 Å². The molecule has 4 rings (SSSR count). The highest BCUT2D eigenvalue weighted by Gasteiger charge is 2.54. The van der Waals surface area contributed by atoms with E-state index < -0.39 is 0 Å². The van der Waals surface area contributed by atoms with Crippen molar-refractivity contribution < 1.29 is 14.3 Å². The van der Waals surface area contributed by atoms with E-state index in [4.69, 9.17) is 9.47 Å². The van der Waals surface area contributed by atoms with Gasteiger partial charge >= 0.3 is 0 Å². The molecule has 4 atom stereocenters. The van der Waals surface area contributed by atoms with Gasteiger partial charge in [0.2, 0.25) is 5.91 Å². The summed E-state index contributed by atoms with van der Waals surface area (Å²) in [6.07, 6.45) is 1.65. The molecule has 2 fully saturated rings. The van der Waals surface area contributed by atoms with Crippen molar-refractivity contribution in [1.82, 2.24) is 15.3 Å². The van der Waals surface area contributed by atoms with Crippen molar-refractivity contribution in [3.8, 4) is 0 Å². The fraction of sp³-hybridized carbons (Fsp3) is 0.556. The van der Waals surface area contributed by atoms with E-state index in [9.17, 15) is 4.79 Å². The smallest absolute Gasteiger partial charge is 0.224 e. The van der Waals surface area contributed by atoms with Crippen LogP contribution in [0, 0.1) is 18.8 Å². The summed E-state index contributed by atoms with van der Waals surface area (Å²) in [7, 11) is 1.70. The lowest BCUT2D eigenvalue weighted by molar-refractivity contribution is -0.129. The van der Waals surface area contributed by atoms with Gasteiger partial charge in [-0.25, -0.2) is 4.98 Å². The maximum Gasteiger partial charge on any atom is 0.224 e. The fourth-order valence-electron chi connectivity index (χ4n) is 4.15. The lowest BCUT2D eigenvalue weighted by Gasteiger charge is -2.47. The first-order valence-corrected chi connectivity index (χ1v) is 8.51. The van der Waals surface area contributed by atoms with E-state index in [1.807, 2.05) is 25.1 Å². The second kappa shape index (κ2) is 6.18. The lowest BCUT2D eigenvalue weighted by Crippen LogP contribution is -2.62. The first kappa shape index (κ1) is 15.6. The number of aryl methyl sites for hydroxylation is 1. The number of methoxy groups -OCH3 is 1. The molecule has 1 aliphatic carbocycles. The monoisotopic (exact) mass is 329 g/mol. The third-order valence-electron chi connectivity index (χ3n) is 5.24. The average molecular weight is 329 g/mol. The first-order chi connectivity index (χ1) is 11.7. The second-order valence-electron chi connectivity index (χ2n) is 6.85. The van der Waals surface area contributed by atoms with Crippen molar-refractivity contribution >= 4 is 16.9 Å². The zero-order chi connectivity index (χ0) is 16.7. The quantitative estimate of drug-likeness (QED) is 0.873. The van der Waals surface area contributed by atoms with E-state index in [2.05, 4.69) is 15.3 Å². The Morgan fingerprint density at radius 2 is 2.38 bits per heavy atom. The molecular weight excluding hydrogens is 306 g/mol. The summed E-state index contributed by atoms with van der Waals surface area (Å²) in [5.41, 5.74) is 2.90. The Bertz CT molecular complexity index is 757. The van der Waals surface area contributed by atoms with E-state index in [1.54, 1.807) is 7.11 Å². The molecule has 1 saturated carbocycles. The van der Waals surface area contributed by atoms with Crippen LogP contribution in [0.15, 0.2) is 18.2 Å². The van der Waals surface area contributed by atoms with Crippen molar-refractivity contribution in [2.45, 2.75) is 31.9 Å². The number of fused-ring (bicyclic) bond motifs is 2. The highest BCUT2D eigenvalue weighted by molar-refractivity contribution is 5.82. The summed E-state index contributed by atoms with van der Waals surface area (Å²) in [4.78, 5) is 20.1. The minimum atomic E-state index is 0.0574. The molecule has 1 aliphatic heterocycles. The zero-order valence-corrected chi connectivity index (χ0v) is 14.0. The molecule has 1 aromatic heterocycles. The molecule has 0 bridgehead atoms. The van der Waals surface area contributed by atoms with Crippen molar-refractivity contribution in [3.05, 3.63) is 29.6 Å². The Hall–Kier alpha value is -1.92. The predicted molar refractivity (Wildman–Crippen MR) is 89.7 cm³/mol. The Balaban J connectivity index is 1.41. The van der Waals surface area contributed by atoms with Crippen LogP contribution in [0.2, 0.25) is 0 Å². The molecule has 128 valence electrons. The maximum absolute atomic E-state index is 12.5. The predicted octanol–water partition coefficient (Wildman–Crippen LogP) is 1.58. The molecule has 1 amide bonds.